The molecule has 1 unspecified atom stereocenters. The molecule has 0 aliphatic carbocycles. The van der Waals surface area contributed by atoms with Crippen LogP contribution in [0.3, 0.4) is 0 Å². The maximum atomic E-state index is 12.3. The molecule has 1 heterocycles. The summed E-state index contributed by atoms with van der Waals surface area (Å²) < 4.78 is 0. The predicted molar refractivity (Wildman–Crippen MR) is 79.4 cm³/mol. The van der Waals surface area contributed by atoms with Crippen LogP contribution in [0.25, 0.3) is 0 Å². The molecule has 0 bridgehead atoms. The first-order chi connectivity index (χ1) is 9.18. The molecule has 0 saturated carbocycles. The molecule has 1 amide bonds. The number of nitrogens with one attached hydrogen (secondary N) is 2. The first kappa shape index (κ1) is 13.9. The lowest BCUT2D eigenvalue weighted by Gasteiger charge is -2.25. The maximum Gasteiger partial charge on any atom is 0.227 e. The molecule has 3 nitrogen and oxygen atoms in total. The largest absolute Gasteiger partial charge is 0.385 e. The summed E-state index contributed by atoms with van der Waals surface area (Å²) in [6, 6.07) is 8.12. The summed E-state index contributed by atoms with van der Waals surface area (Å²) in [4.78, 5) is 12.3. The Morgan fingerprint density at radius 2 is 2.21 bits per heavy atom. The highest BCUT2D eigenvalue weighted by molar-refractivity contribution is 5.86. The molecule has 0 spiro atoms. The Bertz CT molecular complexity index is 429. The highest BCUT2D eigenvalue weighted by Crippen LogP contribution is 2.31. The van der Waals surface area contributed by atoms with Gasteiger partial charge in [-0.1, -0.05) is 32.0 Å². The van der Waals surface area contributed by atoms with Crippen molar-refractivity contribution in [3.8, 4) is 0 Å². The van der Waals surface area contributed by atoms with Gasteiger partial charge in [-0.3, -0.25) is 4.79 Å². The number of carbonyl (C=O) groups excluding carboxylic acids is 1. The fourth-order valence-corrected chi connectivity index (χ4v) is 2.59. The first-order valence-corrected chi connectivity index (χ1v) is 7.29. The summed E-state index contributed by atoms with van der Waals surface area (Å²) in [7, 11) is 0. The minimum atomic E-state index is 0.0106. The van der Waals surface area contributed by atoms with Crippen molar-refractivity contribution in [2.45, 2.75) is 39.0 Å². The van der Waals surface area contributed by atoms with Crippen LogP contribution >= 0.6 is 0 Å². The summed E-state index contributed by atoms with van der Waals surface area (Å²) in [5, 5.41) is 6.43. The van der Waals surface area contributed by atoms with Crippen LogP contribution in [0, 0.1) is 5.92 Å². The zero-order chi connectivity index (χ0) is 13.7. The fraction of sp³-hybridized carbons (Fsp3) is 0.562. The summed E-state index contributed by atoms with van der Waals surface area (Å²) in [6.45, 7) is 6.10. The second kappa shape index (κ2) is 6.60. The predicted octanol–water partition coefficient (Wildman–Crippen LogP) is 3.14. The summed E-state index contributed by atoms with van der Waals surface area (Å²) >= 11 is 0. The Labute approximate surface area is 115 Å². The van der Waals surface area contributed by atoms with Crippen molar-refractivity contribution < 1.29 is 4.79 Å². The van der Waals surface area contributed by atoms with E-state index < -0.39 is 0 Å². The van der Waals surface area contributed by atoms with Gasteiger partial charge in [-0.05, 0) is 36.8 Å². The van der Waals surface area contributed by atoms with Crippen molar-refractivity contribution in [1.29, 1.82) is 0 Å². The van der Waals surface area contributed by atoms with Crippen molar-refractivity contribution in [1.82, 2.24) is 5.32 Å². The van der Waals surface area contributed by atoms with E-state index >= 15 is 0 Å². The van der Waals surface area contributed by atoms with Crippen LogP contribution in [0.2, 0.25) is 0 Å². The molecular formula is C16H24N2O. The third-order valence-electron chi connectivity index (χ3n) is 3.66. The molecule has 1 aliphatic rings. The quantitative estimate of drug-likeness (QED) is 0.799. The molecule has 104 valence electrons. The third-order valence-corrected chi connectivity index (χ3v) is 3.66. The molecule has 1 aromatic carbocycles. The van der Waals surface area contributed by atoms with Gasteiger partial charge in [0.05, 0.1) is 5.92 Å². The van der Waals surface area contributed by atoms with Gasteiger partial charge in [0.2, 0.25) is 5.91 Å². The number of benzene rings is 1. The number of hydrogen-bond donors (Lipinski definition) is 2. The molecule has 0 radical (unpaired) electrons. The number of amides is 1. The van der Waals surface area contributed by atoms with Gasteiger partial charge in [0.1, 0.15) is 0 Å². The maximum absolute atomic E-state index is 12.3. The van der Waals surface area contributed by atoms with E-state index in [1.165, 1.54) is 6.42 Å². The average Bonchev–Trinajstić information content (AvgIpc) is 2.42. The third kappa shape index (κ3) is 3.72. The van der Waals surface area contributed by atoms with Crippen LogP contribution in [0.5, 0.6) is 0 Å². The smallest absolute Gasteiger partial charge is 0.227 e. The van der Waals surface area contributed by atoms with Crippen molar-refractivity contribution in [2.75, 3.05) is 18.4 Å². The lowest BCUT2D eigenvalue weighted by Crippen LogP contribution is -2.33. The van der Waals surface area contributed by atoms with Gasteiger partial charge in [-0.25, -0.2) is 0 Å². The second-order valence-corrected chi connectivity index (χ2v) is 5.68. The van der Waals surface area contributed by atoms with Crippen LogP contribution < -0.4 is 10.6 Å². The summed E-state index contributed by atoms with van der Waals surface area (Å²) in [5.41, 5.74) is 2.24. The normalized spacial score (nSPS) is 17.7. The Balaban J connectivity index is 1.90. The van der Waals surface area contributed by atoms with Gasteiger partial charge >= 0.3 is 0 Å². The standard InChI is InChI=1S/C16H24N2O/c1-12(2)6-5-10-18-16(19)14-9-11-17-15-8-4-3-7-13(14)15/h3-4,7-8,12,14,17H,5-6,9-11H2,1-2H3,(H,18,19). The number of hydrogen-bond acceptors (Lipinski definition) is 2. The van der Waals surface area contributed by atoms with Crippen molar-refractivity contribution in [3.05, 3.63) is 29.8 Å². The van der Waals surface area contributed by atoms with E-state index in [1.807, 2.05) is 18.2 Å². The van der Waals surface area contributed by atoms with E-state index in [0.29, 0.717) is 5.92 Å². The van der Waals surface area contributed by atoms with Gasteiger partial charge in [-0.2, -0.15) is 0 Å². The molecule has 1 aliphatic heterocycles. The van der Waals surface area contributed by atoms with Gasteiger partial charge in [0.15, 0.2) is 0 Å². The molecule has 2 rings (SSSR count). The fourth-order valence-electron chi connectivity index (χ4n) is 2.59. The molecule has 2 N–H and O–H groups in total. The van der Waals surface area contributed by atoms with Gasteiger partial charge < -0.3 is 10.6 Å². The number of fused-ring (bicyclic) bond motifs is 1. The molecule has 0 aromatic heterocycles. The Morgan fingerprint density at radius 1 is 1.42 bits per heavy atom. The van der Waals surface area contributed by atoms with E-state index in [1.54, 1.807) is 0 Å². The minimum absolute atomic E-state index is 0.0106. The van der Waals surface area contributed by atoms with E-state index in [0.717, 1.165) is 37.2 Å². The Hall–Kier alpha value is -1.51. The molecule has 0 fully saturated rings. The lowest BCUT2D eigenvalue weighted by atomic mass is 9.90. The molecule has 0 saturated heterocycles. The summed E-state index contributed by atoms with van der Waals surface area (Å²) in [5.74, 6) is 0.894. The Morgan fingerprint density at radius 3 is 3.00 bits per heavy atom. The van der Waals surface area contributed by atoms with E-state index in [2.05, 4.69) is 30.5 Å². The van der Waals surface area contributed by atoms with E-state index in [-0.39, 0.29) is 11.8 Å². The number of carbonyl (C=O) groups is 1. The number of rotatable bonds is 5. The van der Waals surface area contributed by atoms with Crippen LogP contribution in [0.4, 0.5) is 5.69 Å². The number of anilines is 1. The van der Waals surface area contributed by atoms with Crippen LogP contribution in [-0.4, -0.2) is 19.0 Å². The molecule has 19 heavy (non-hydrogen) atoms. The van der Waals surface area contributed by atoms with Crippen LogP contribution in [-0.2, 0) is 4.79 Å². The van der Waals surface area contributed by atoms with Crippen molar-refractivity contribution in [3.63, 3.8) is 0 Å². The van der Waals surface area contributed by atoms with Crippen LogP contribution in [0.1, 0.15) is 44.6 Å². The molecule has 1 aromatic rings. The monoisotopic (exact) mass is 260 g/mol. The Kier molecular flexibility index (Phi) is 4.83. The van der Waals surface area contributed by atoms with E-state index in [4.69, 9.17) is 0 Å². The highest BCUT2D eigenvalue weighted by Gasteiger charge is 2.25. The van der Waals surface area contributed by atoms with Crippen LogP contribution in [0.15, 0.2) is 24.3 Å². The number of para-hydroxylation sites is 1. The van der Waals surface area contributed by atoms with Gasteiger partial charge in [0, 0.05) is 18.8 Å². The van der Waals surface area contributed by atoms with Crippen molar-refractivity contribution in [2.24, 2.45) is 5.92 Å². The topological polar surface area (TPSA) is 41.1 Å². The zero-order valence-corrected chi connectivity index (χ0v) is 11.9. The molecule has 3 heteroatoms. The average molecular weight is 260 g/mol. The van der Waals surface area contributed by atoms with Crippen molar-refractivity contribution >= 4 is 11.6 Å². The molecular weight excluding hydrogens is 236 g/mol. The van der Waals surface area contributed by atoms with Gasteiger partial charge in [-0.15, -0.1) is 0 Å². The second-order valence-electron chi connectivity index (χ2n) is 5.68. The highest BCUT2D eigenvalue weighted by atomic mass is 16.1. The van der Waals surface area contributed by atoms with Gasteiger partial charge in [0.25, 0.3) is 0 Å². The minimum Gasteiger partial charge on any atom is -0.385 e. The zero-order valence-electron chi connectivity index (χ0n) is 11.9. The molecule has 1 atom stereocenters. The lowest BCUT2D eigenvalue weighted by molar-refractivity contribution is -0.122. The first-order valence-electron chi connectivity index (χ1n) is 7.29. The SMILES string of the molecule is CC(C)CCCNC(=O)C1CCNc2ccccc21. The summed E-state index contributed by atoms with van der Waals surface area (Å²) in [6.07, 6.45) is 3.12. The van der Waals surface area contributed by atoms with E-state index in [9.17, 15) is 4.79 Å².